The van der Waals surface area contributed by atoms with Gasteiger partial charge in [-0.05, 0) is 35.9 Å². The minimum absolute atomic E-state index is 0.121. The van der Waals surface area contributed by atoms with E-state index < -0.39 is 11.6 Å². The van der Waals surface area contributed by atoms with Crippen LogP contribution in [0.1, 0.15) is 11.1 Å². The number of aromatic amines is 1. The number of nitrogens with one attached hydrogen (secondary N) is 2. The Bertz CT molecular complexity index is 886. The summed E-state index contributed by atoms with van der Waals surface area (Å²) in [6.45, 7) is 0.121. The first-order valence-electron chi connectivity index (χ1n) is 6.95. The van der Waals surface area contributed by atoms with Crippen molar-refractivity contribution >= 4 is 23.0 Å². The van der Waals surface area contributed by atoms with Crippen molar-refractivity contribution in [1.82, 2.24) is 15.3 Å². The van der Waals surface area contributed by atoms with Crippen molar-refractivity contribution in [2.24, 2.45) is 0 Å². The molecule has 0 aliphatic rings. The number of nitrogens with zero attached hydrogens (tertiary/aromatic N) is 1. The van der Waals surface area contributed by atoms with Gasteiger partial charge in [-0.2, -0.15) is 0 Å². The van der Waals surface area contributed by atoms with Crippen LogP contribution < -0.4 is 5.32 Å². The molecule has 0 saturated heterocycles. The predicted molar refractivity (Wildman–Crippen MR) is 83.3 cm³/mol. The predicted octanol–water partition coefficient (Wildman–Crippen LogP) is 3.17. The Morgan fingerprint density at radius 1 is 1.26 bits per heavy atom. The molecule has 1 aromatic carbocycles. The van der Waals surface area contributed by atoms with Gasteiger partial charge in [0.1, 0.15) is 5.65 Å². The summed E-state index contributed by atoms with van der Waals surface area (Å²) in [6, 6.07) is 7.23. The van der Waals surface area contributed by atoms with Crippen LogP contribution in [0.3, 0.4) is 0 Å². The molecule has 3 aromatic rings. The first-order valence-corrected chi connectivity index (χ1v) is 6.95. The van der Waals surface area contributed by atoms with E-state index in [0.717, 1.165) is 28.7 Å². The molecule has 4 nitrogen and oxygen atoms in total. The maximum Gasteiger partial charge on any atom is 0.244 e. The summed E-state index contributed by atoms with van der Waals surface area (Å²) in [4.78, 5) is 19.0. The van der Waals surface area contributed by atoms with E-state index in [1.165, 1.54) is 12.1 Å². The monoisotopic (exact) mass is 313 g/mol. The van der Waals surface area contributed by atoms with E-state index >= 15 is 0 Å². The van der Waals surface area contributed by atoms with E-state index in [1.807, 2.05) is 12.1 Å². The summed E-state index contributed by atoms with van der Waals surface area (Å²) >= 11 is 0. The summed E-state index contributed by atoms with van der Waals surface area (Å²) in [6.07, 6.45) is 6.49. The Morgan fingerprint density at radius 2 is 2.13 bits per heavy atom. The van der Waals surface area contributed by atoms with Gasteiger partial charge in [-0.25, -0.2) is 13.8 Å². The summed E-state index contributed by atoms with van der Waals surface area (Å²) in [5, 5.41) is 3.53. The molecule has 2 aromatic heterocycles. The molecular formula is C17H13F2N3O. The Hall–Kier alpha value is -3.02. The average molecular weight is 313 g/mol. The Balaban J connectivity index is 1.63. The molecule has 0 atom stereocenters. The van der Waals surface area contributed by atoms with Gasteiger partial charge in [0.05, 0.1) is 0 Å². The number of hydrogen-bond acceptors (Lipinski definition) is 2. The number of H-pyrrole nitrogens is 1. The number of halogens is 2. The third-order valence-electron chi connectivity index (χ3n) is 3.35. The standard InChI is InChI=1S/C17H13F2N3O/c18-14-5-3-11(8-15(14)19)9-21-16(23)6-4-12-10-22-17-13(12)2-1-7-20-17/h1-8,10H,9H2,(H,20,22)(H,21,23). The highest BCUT2D eigenvalue weighted by atomic mass is 19.2. The number of carbonyl (C=O) groups is 1. The van der Waals surface area contributed by atoms with Gasteiger partial charge in [0.25, 0.3) is 0 Å². The molecule has 0 aliphatic carbocycles. The number of aromatic nitrogens is 2. The molecular weight excluding hydrogens is 300 g/mol. The Labute approximate surface area is 130 Å². The topological polar surface area (TPSA) is 57.8 Å². The van der Waals surface area contributed by atoms with Gasteiger partial charge in [0, 0.05) is 36.0 Å². The molecule has 0 aliphatic heterocycles. The third-order valence-corrected chi connectivity index (χ3v) is 3.35. The first kappa shape index (κ1) is 14.9. The van der Waals surface area contributed by atoms with Gasteiger partial charge in [-0.15, -0.1) is 0 Å². The zero-order valence-corrected chi connectivity index (χ0v) is 12.0. The summed E-state index contributed by atoms with van der Waals surface area (Å²) in [5.41, 5.74) is 2.08. The SMILES string of the molecule is O=C(C=Cc1c[nH]c2ncccc12)NCc1ccc(F)c(F)c1. The second kappa shape index (κ2) is 6.39. The van der Waals surface area contributed by atoms with Crippen LogP contribution in [-0.4, -0.2) is 15.9 Å². The molecule has 23 heavy (non-hydrogen) atoms. The lowest BCUT2D eigenvalue weighted by atomic mass is 10.2. The normalized spacial score (nSPS) is 11.2. The molecule has 0 unspecified atom stereocenters. The second-order valence-corrected chi connectivity index (χ2v) is 4.94. The quantitative estimate of drug-likeness (QED) is 0.727. The van der Waals surface area contributed by atoms with Gasteiger partial charge in [-0.1, -0.05) is 6.07 Å². The minimum atomic E-state index is -0.932. The van der Waals surface area contributed by atoms with E-state index in [0.29, 0.717) is 5.56 Å². The van der Waals surface area contributed by atoms with Crippen LogP contribution >= 0.6 is 0 Å². The Morgan fingerprint density at radius 3 is 2.96 bits per heavy atom. The van der Waals surface area contributed by atoms with E-state index in [1.54, 1.807) is 18.5 Å². The van der Waals surface area contributed by atoms with Crippen molar-refractivity contribution in [1.29, 1.82) is 0 Å². The third kappa shape index (κ3) is 3.42. The van der Waals surface area contributed by atoms with Crippen molar-refractivity contribution < 1.29 is 13.6 Å². The van der Waals surface area contributed by atoms with Crippen molar-refractivity contribution in [2.75, 3.05) is 0 Å². The van der Waals surface area contributed by atoms with Crippen LogP contribution in [0.2, 0.25) is 0 Å². The first-order chi connectivity index (χ1) is 11.1. The fourth-order valence-corrected chi connectivity index (χ4v) is 2.18. The zero-order chi connectivity index (χ0) is 16.2. The van der Waals surface area contributed by atoms with Crippen LogP contribution in [0.15, 0.2) is 48.8 Å². The molecule has 2 heterocycles. The van der Waals surface area contributed by atoms with Crippen molar-refractivity contribution in [3.63, 3.8) is 0 Å². The number of pyridine rings is 1. The number of amides is 1. The second-order valence-electron chi connectivity index (χ2n) is 4.94. The zero-order valence-electron chi connectivity index (χ0n) is 12.0. The van der Waals surface area contributed by atoms with Crippen molar-refractivity contribution in [3.8, 4) is 0 Å². The molecule has 0 spiro atoms. The van der Waals surface area contributed by atoms with Crippen LogP contribution in [0.5, 0.6) is 0 Å². The maximum atomic E-state index is 13.1. The lowest BCUT2D eigenvalue weighted by molar-refractivity contribution is -0.116. The van der Waals surface area contributed by atoms with Gasteiger partial charge in [0.2, 0.25) is 5.91 Å². The molecule has 6 heteroatoms. The molecule has 116 valence electrons. The van der Waals surface area contributed by atoms with Crippen molar-refractivity contribution in [3.05, 3.63) is 71.6 Å². The number of hydrogen-bond donors (Lipinski definition) is 2. The molecule has 3 rings (SSSR count). The van der Waals surface area contributed by atoms with Gasteiger partial charge in [0.15, 0.2) is 11.6 Å². The van der Waals surface area contributed by atoms with Crippen LogP contribution in [0, 0.1) is 11.6 Å². The number of rotatable bonds is 4. The largest absolute Gasteiger partial charge is 0.348 e. The Kier molecular flexibility index (Phi) is 4.14. The average Bonchev–Trinajstić information content (AvgIpc) is 2.97. The van der Waals surface area contributed by atoms with Gasteiger partial charge in [-0.3, -0.25) is 4.79 Å². The summed E-state index contributed by atoms with van der Waals surface area (Å²) < 4.78 is 25.9. The maximum absolute atomic E-state index is 13.1. The molecule has 0 bridgehead atoms. The number of benzene rings is 1. The number of fused-ring (bicyclic) bond motifs is 1. The van der Waals surface area contributed by atoms with E-state index in [9.17, 15) is 13.6 Å². The molecule has 0 saturated carbocycles. The fourth-order valence-electron chi connectivity index (χ4n) is 2.18. The lowest BCUT2D eigenvalue weighted by Crippen LogP contribution is -2.20. The van der Waals surface area contributed by atoms with Crippen LogP contribution in [-0.2, 0) is 11.3 Å². The highest BCUT2D eigenvalue weighted by Gasteiger charge is 2.04. The molecule has 0 fully saturated rings. The summed E-state index contributed by atoms with van der Waals surface area (Å²) in [7, 11) is 0. The summed E-state index contributed by atoms with van der Waals surface area (Å²) in [5.74, 6) is -2.17. The van der Waals surface area contributed by atoms with E-state index in [2.05, 4.69) is 15.3 Å². The fraction of sp³-hybridized carbons (Fsp3) is 0.0588. The van der Waals surface area contributed by atoms with E-state index in [4.69, 9.17) is 0 Å². The van der Waals surface area contributed by atoms with Crippen LogP contribution in [0.25, 0.3) is 17.1 Å². The van der Waals surface area contributed by atoms with Crippen molar-refractivity contribution in [2.45, 2.75) is 6.54 Å². The molecule has 0 radical (unpaired) electrons. The van der Waals surface area contributed by atoms with Gasteiger partial charge >= 0.3 is 0 Å². The smallest absolute Gasteiger partial charge is 0.244 e. The molecule has 1 amide bonds. The van der Waals surface area contributed by atoms with Gasteiger partial charge < -0.3 is 10.3 Å². The van der Waals surface area contributed by atoms with Crippen LogP contribution in [0.4, 0.5) is 8.78 Å². The molecule has 2 N–H and O–H groups in total. The highest BCUT2D eigenvalue weighted by molar-refractivity contribution is 5.95. The minimum Gasteiger partial charge on any atom is -0.348 e. The number of carbonyl (C=O) groups excluding carboxylic acids is 1. The highest BCUT2D eigenvalue weighted by Crippen LogP contribution is 2.16. The van der Waals surface area contributed by atoms with E-state index in [-0.39, 0.29) is 12.5 Å². The lowest BCUT2D eigenvalue weighted by Gasteiger charge is -2.03.